The van der Waals surface area contributed by atoms with Crippen LogP contribution in [-0.2, 0) is 10.0 Å². The Morgan fingerprint density at radius 3 is 2.29 bits per heavy atom. The monoisotopic (exact) mass is 303 g/mol. The fourth-order valence-corrected chi connectivity index (χ4v) is 3.25. The first-order chi connectivity index (χ1) is 9.94. The lowest BCUT2D eigenvalue weighted by atomic mass is 9.97. The lowest BCUT2D eigenvalue weighted by Crippen LogP contribution is -2.14. The van der Waals surface area contributed by atoms with Crippen molar-refractivity contribution in [2.75, 3.05) is 4.72 Å². The Morgan fingerprint density at radius 2 is 1.67 bits per heavy atom. The van der Waals surface area contributed by atoms with Gasteiger partial charge in [-0.15, -0.1) is 0 Å². The number of para-hydroxylation sites is 1. The SMILES string of the molecule is CCC(C)c1ccccc1NS(=O)(=O)c1ccc(C)cc1. The molecule has 1 atom stereocenters. The Bertz CT molecular complexity index is 706. The van der Waals surface area contributed by atoms with Crippen molar-refractivity contribution in [3.05, 3.63) is 59.7 Å². The molecule has 0 radical (unpaired) electrons. The second kappa shape index (κ2) is 6.31. The first-order valence-electron chi connectivity index (χ1n) is 7.12. The highest BCUT2D eigenvalue weighted by Gasteiger charge is 2.17. The van der Waals surface area contributed by atoms with Gasteiger partial charge in [-0.3, -0.25) is 4.72 Å². The fraction of sp³-hybridized carbons (Fsp3) is 0.294. The standard InChI is InChI=1S/C17H21NO2S/c1-4-14(3)16-7-5-6-8-17(16)18-21(19,20)15-11-9-13(2)10-12-15/h5-12,14,18H,4H2,1-3H3. The number of benzene rings is 2. The first kappa shape index (κ1) is 15.6. The van der Waals surface area contributed by atoms with E-state index in [1.165, 1.54) is 0 Å². The molecule has 0 saturated heterocycles. The molecule has 2 rings (SSSR count). The molecule has 0 bridgehead atoms. The van der Waals surface area contributed by atoms with Crippen LogP contribution in [0, 0.1) is 6.92 Å². The van der Waals surface area contributed by atoms with Crippen LogP contribution in [0.25, 0.3) is 0 Å². The molecule has 3 nitrogen and oxygen atoms in total. The van der Waals surface area contributed by atoms with E-state index in [0.717, 1.165) is 17.5 Å². The smallest absolute Gasteiger partial charge is 0.261 e. The Hall–Kier alpha value is -1.81. The van der Waals surface area contributed by atoms with Gasteiger partial charge in [0.25, 0.3) is 10.0 Å². The Labute approximate surface area is 127 Å². The van der Waals surface area contributed by atoms with Crippen LogP contribution in [0.3, 0.4) is 0 Å². The van der Waals surface area contributed by atoms with Crippen molar-refractivity contribution in [3.8, 4) is 0 Å². The summed E-state index contributed by atoms with van der Waals surface area (Å²) >= 11 is 0. The molecule has 21 heavy (non-hydrogen) atoms. The van der Waals surface area contributed by atoms with Crippen LogP contribution in [0.5, 0.6) is 0 Å². The molecule has 0 heterocycles. The predicted octanol–water partition coefficient (Wildman–Crippen LogP) is 4.31. The van der Waals surface area contributed by atoms with Gasteiger partial charge in [0.15, 0.2) is 0 Å². The number of hydrogen-bond donors (Lipinski definition) is 1. The van der Waals surface area contributed by atoms with E-state index in [0.29, 0.717) is 11.6 Å². The molecule has 0 aliphatic carbocycles. The molecule has 0 aliphatic heterocycles. The van der Waals surface area contributed by atoms with Crippen LogP contribution in [0.1, 0.15) is 37.3 Å². The molecule has 1 unspecified atom stereocenters. The van der Waals surface area contributed by atoms with Crippen LogP contribution in [0.15, 0.2) is 53.4 Å². The van der Waals surface area contributed by atoms with E-state index in [2.05, 4.69) is 18.6 Å². The molecular weight excluding hydrogens is 282 g/mol. The Balaban J connectivity index is 2.35. The maximum atomic E-state index is 12.5. The van der Waals surface area contributed by atoms with E-state index in [1.807, 2.05) is 31.2 Å². The summed E-state index contributed by atoms with van der Waals surface area (Å²) < 4.78 is 27.6. The number of anilines is 1. The van der Waals surface area contributed by atoms with Crippen molar-refractivity contribution in [2.45, 2.75) is 38.0 Å². The zero-order valence-corrected chi connectivity index (χ0v) is 13.4. The molecule has 0 saturated carbocycles. The van der Waals surface area contributed by atoms with Crippen molar-refractivity contribution in [3.63, 3.8) is 0 Å². The minimum atomic E-state index is -3.54. The maximum absolute atomic E-state index is 12.5. The van der Waals surface area contributed by atoms with E-state index >= 15 is 0 Å². The number of rotatable bonds is 5. The highest BCUT2D eigenvalue weighted by atomic mass is 32.2. The molecule has 0 fully saturated rings. The Kier molecular flexibility index (Phi) is 4.68. The van der Waals surface area contributed by atoms with Crippen molar-refractivity contribution >= 4 is 15.7 Å². The molecule has 1 N–H and O–H groups in total. The molecule has 112 valence electrons. The van der Waals surface area contributed by atoms with Gasteiger partial charge >= 0.3 is 0 Å². The largest absolute Gasteiger partial charge is 0.279 e. The van der Waals surface area contributed by atoms with Gasteiger partial charge in [-0.05, 0) is 43.0 Å². The van der Waals surface area contributed by atoms with E-state index in [-0.39, 0.29) is 4.90 Å². The topological polar surface area (TPSA) is 46.2 Å². The highest BCUT2D eigenvalue weighted by molar-refractivity contribution is 7.92. The number of nitrogens with one attached hydrogen (secondary N) is 1. The van der Waals surface area contributed by atoms with Crippen LogP contribution in [-0.4, -0.2) is 8.42 Å². The minimum Gasteiger partial charge on any atom is -0.279 e. The third kappa shape index (κ3) is 3.64. The fourth-order valence-electron chi connectivity index (χ4n) is 2.16. The summed E-state index contributed by atoms with van der Waals surface area (Å²) in [7, 11) is -3.54. The molecule has 0 aliphatic rings. The van der Waals surface area contributed by atoms with Crippen molar-refractivity contribution < 1.29 is 8.42 Å². The molecule has 0 amide bonds. The van der Waals surface area contributed by atoms with Crippen LogP contribution >= 0.6 is 0 Å². The maximum Gasteiger partial charge on any atom is 0.261 e. The number of sulfonamides is 1. The highest BCUT2D eigenvalue weighted by Crippen LogP contribution is 2.28. The summed E-state index contributed by atoms with van der Waals surface area (Å²) in [6.07, 6.45) is 0.962. The molecule has 2 aromatic rings. The number of aryl methyl sites for hydroxylation is 1. The summed E-state index contributed by atoms with van der Waals surface area (Å²) in [4.78, 5) is 0.284. The average molecular weight is 303 g/mol. The van der Waals surface area contributed by atoms with E-state index < -0.39 is 10.0 Å². The molecule has 0 spiro atoms. The first-order valence-corrected chi connectivity index (χ1v) is 8.60. The molecule has 4 heteroatoms. The molecule has 0 aromatic heterocycles. The van der Waals surface area contributed by atoms with Crippen molar-refractivity contribution in [2.24, 2.45) is 0 Å². The van der Waals surface area contributed by atoms with Crippen molar-refractivity contribution in [1.29, 1.82) is 0 Å². The van der Waals surface area contributed by atoms with Gasteiger partial charge < -0.3 is 0 Å². The van der Waals surface area contributed by atoms with Crippen LogP contribution < -0.4 is 4.72 Å². The summed E-state index contributed by atoms with van der Waals surface area (Å²) in [5.41, 5.74) is 2.72. The van der Waals surface area contributed by atoms with Crippen molar-refractivity contribution in [1.82, 2.24) is 0 Å². The predicted molar refractivity (Wildman–Crippen MR) is 87.1 cm³/mol. The number of hydrogen-bond acceptors (Lipinski definition) is 2. The van der Waals surface area contributed by atoms with Crippen LogP contribution in [0.4, 0.5) is 5.69 Å². The van der Waals surface area contributed by atoms with Gasteiger partial charge in [-0.1, -0.05) is 49.7 Å². The summed E-state index contributed by atoms with van der Waals surface area (Å²) in [5.74, 6) is 0.307. The summed E-state index contributed by atoms with van der Waals surface area (Å²) in [6, 6.07) is 14.4. The normalized spacial score (nSPS) is 12.9. The lowest BCUT2D eigenvalue weighted by molar-refractivity contribution is 0.601. The van der Waals surface area contributed by atoms with E-state index in [1.54, 1.807) is 24.3 Å². The average Bonchev–Trinajstić information content (AvgIpc) is 2.47. The third-order valence-corrected chi connectivity index (χ3v) is 5.06. The molecule has 2 aromatic carbocycles. The van der Waals surface area contributed by atoms with Gasteiger partial charge in [-0.2, -0.15) is 0 Å². The van der Waals surface area contributed by atoms with Crippen LogP contribution in [0.2, 0.25) is 0 Å². The Morgan fingerprint density at radius 1 is 1.05 bits per heavy atom. The summed E-state index contributed by atoms with van der Waals surface area (Å²) in [5, 5.41) is 0. The van der Waals surface area contributed by atoms with Gasteiger partial charge in [-0.25, -0.2) is 8.42 Å². The van der Waals surface area contributed by atoms with Gasteiger partial charge in [0, 0.05) is 0 Å². The molecular formula is C17H21NO2S. The summed E-state index contributed by atoms with van der Waals surface area (Å²) in [6.45, 7) is 6.12. The second-order valence-corrected chi connectivity index (χ2v) is 7.00. The third-order valence-electron chi connectivity index (χ3n) is 3.68. The zero-order valence-electron chi connectivity index (χ0n) is 12.6. The quantitative estimate of drug-likeness (QED) is 0.894. The van der Waals surface area contributed by atoms with E-state index in [4.69, 9.17) is 0 Å². The van der Waals surface area contributed by atoms with Gasteiger partial charge in [0.05, 0.1) is 10.6 Å². The minimum absolute atomic E-state index is 0.284. The van der Waals surface area contributed by atoms with E-state index in [9.17, 15) is 8.42 Å². The van der Waals surface area contributed by atoms with Gasteiger partial charge in [0.2, 0.25) is 0 Å². The van der Waals surface area contributed by atoms with Gasteiger partial charge in [0.1, 0.15) is 0 Å². The lowest BCUT2D eigenvalue weighted by Gasteiger charge is -2.16. The zero-order chi connectivity index (χ0) is 15.5. The second-order valence-electron chi connectivity index (χ2n) is 5.32.